The Hall–Kier alpha value is -1.81. The van der Waals surface area contributed by atoms with Crippen molar-refractivity contribution in [3.63, 3.8) is 0 Å². The lowest BCUT2D eigenvalue weighted by Crippen LogP contribution is -2.00. The molecule has 0 aliphatic carbocycles. The van der Waals surface area contributed by atoms with E-state index in [-0.39, 0.29) is 0 Å². The Labute approximate surface area is 93.9 Å². The molecule has 0 radical (unpaired) electrons. The molecule has 2 N–H and O–H groups in total. The van der Waals surface area contributed by atoms with Gasteiger partial charge >= 0.3 is 0 Å². The van der Waals surface area contributed by atoms with Crippen LogP contribution in [0.15, 0.2) is 36.5 Å². The number of hydrogen-bond donors (Lipinski definition) is 2. The molecule has 1 atom stereocenters. The lowest BCUT2D eigenvalue weighted by Gasteiger charge is -2.09. The normalized spacial score (nSPS) is 12.4. The second-order valence-corrected chi connectivity index (χ2v) is 3.42. The van der Waals surface area contributed by atoms with E-state index in [0.717, 1.165) is 11.3 Å². The third-order valence-electron chi connectivity index (χ3n) is 2.32. The van der Waals surface area contributed by atoms with Crippen LogP contribution in [0.3, 0.4) is 0 Å². The molecule has 84 valence electrons. The molecule has 0 fully saturated rings. The summed E-state index contributed by atoms with van der Waals surface area (Å²) >= 11 is 0. The van der Waals surface area contributed by atoms with Crippen molar-refractivity contribution in [3.05, 3.63) is 47.8 Å². The third kappa shape index (κ3) is 2.23. The van der Waals surface area contributed by atoms with Gasteiger partial charge in [0.25, 0.3) is 0 Å². The zero-order valence-electron chi connectivity index (χ0n) is 9.05. The van der Waals surface area contributed by atoms with Gasteiger partial charge in [-0.15, -0.1) is 0 Å². The molecule has 0 aliphatic heterocycles. The van der Waals surface area contributed by atoms with Crippen LogP contribution in [0.4, 0.5) is 0 Å². The molecule has 0 aliphatic rings. The van der Waals surface area contributed by atoms with Crippen molar-refractivity contribution >= 4 is 0 Å². The van der Waals surface area contributed by atoms with E-state index < -0.39 is 6.10 Å². The zero-order chi connectivity index (χ0) is 11.4. The molecule has 1 aromatic carbocycles. The maximum Gasteiger partial charge on any atom is 0.120 e. The van der Waals surface area contributed by atoms with Gasteiger partial charge in [-0.2, -0.15) is 5.10 Å². The van der Waals surface area contributed by atoms with E-state index in [4.69, 9.17) is 4.74 Å². The second-order valence-electron chi connectivity index (χ2n) is 3.42. The largest absolute Gasteiger partial charge is 0.494 e. The van der Waals surface area contributed by atoms with E-state index in [0.29, 0.717) is 12.3 Å². The van der Waals surface area contributed by atoms with Crippen molar-refractivity contribution in [2.45, 2.75) is 13.0 Å². The number of hydrogen-bond acceptors (Lipinski definition) is 3. The highest BCUT2D eigenvalue weighted by Gasteiger charge is 2.11. The summed E-state index contributed by atoms with van der Waals surface area (Å²) in [5.74, 6) is 0.808. The van der Waals surface area contributed by atoms with Gasteiger partial charge in [0.2, 0.25) is 0 Å². The van der Waals surface area contributed by atoms with Gasteiger partial charge in [-0.05, 0) is 30.7 Å². The predicted molar refractivity (Wildman–Crippen MR) is 60.3 cm³/mol. The topological polar surface area (TPSA) is 58.1 Å². The number of aliphatic hydroxyl groups is 1. The van der Waals surface area contributed by atoms with Crippen LogP contribution in [0.5, 0.6) is 5.75 Å². The standard InChI is InChI=1S/C12H14N2O2/c1-2-16-10-5-3-9(4-6-10)12(15)11-7-8-13-14-11/h3-8,12,15H,2H2,1H3,(H,13,14). The van der Waals surface area contributed by atoms with Crippen molar-refractivity contribution < 1.29 is 9.84 Å². The molecule has 1 unspecified atom stereocenters. The number of H-pyrrole nitrogens is 1. The first-order valence-corrected chi connectivity index (χ1v) is 5.21. The lowest BCUT2D eigenvalue weighted by molar-refractivity contribution is 0.215. The van der Waals surface area contributed by atoms with Crippen LogP contribution >= 0.6 is 0 Å². The molecule has 16 heavy (non-hydrogen) atoms. The second kappa shape index (κ2) is 4.81. The first kappa shape index (κ1) is 10.7. The molecule has 0 bridgehead atoms. The number of aliphatic hydroxyl groups excluding tert-OH is 1. The minimum Gasteiger partial charge on any atom is -0.494 e. The molecule has 1 heterocycles. The highest BCUT2D eigenvalue weighted by molar-refractivity contribution is 5.31. The number of nitrogens with zero attached hydrogens (tertiary/aromatic N) is 1. The number of aromatic amines is 1. The summed E-state index contributed by atoms with van der Waals surface area (Å²) in [4.78, 5) is 0. The maximum absolute atomic E-state index is 9.99. The minimum atomic E-state index is -0.668. The molecule has 0 spiro atoms. The monoisotopic (exact) mass is 218 g/mol. The van der Waals surface area contributed by atoms with Crippen LogP contribution in [-0.4, -0.2) is 21.9 Å². The van der Waals surface area contributed by atoms with E-state index >= 15 is 0 Å². The molecular weight excluding hydrogens is 204 g/mol. The summed E-state index contributed by atoms with van der Waals surface area (Å²) in [7, 11) is 0. The van der Waals surface area contributed by atoms with Crippen molar-refractivity contribution in [2.75, 3.05) is 6.61 Å². The van der Waals surface area contributed by atoms with Gasteiger partial charge in [0.1, 0.15) is 11.9 Å². The van der Waals surface area contributed by atoms with Gasteiger partial charge in [-0.3, -0.25) is 5.10 Å². The highest BCUT2D eigenvalue weighted by Crippen LogP contribution is 2.22. The van der Waals surface area contributed by atoms with Crippen LogP contribution in [0.1, 0.15) is 24.3 Å². The van der Waals surface area contributed by atoms with Crippen LogP contribution in [-0.2, 0) is 0 Å². The van der Waals surface area contributed by atoms with Gasteiger partial charge < -0.3 is 9.84 Å². The molecule has 1 aromatic heterocycles. The van der Waals surface area contributed by atoms with Gasteiger partial charge in [-0.25, -0.2) is 0 Å². The van der Waals surface area contributed by atoms with E-state index in [1.165, 1.54) is 0 Å². The van der Waals surface area contributed by atoms with Crippen LogP contribution in [0, 0.1) is 0 Å². The Kier molecular flexibility index (Phi) is 3.22. The first-order chi connectivity index (χ1) is 7.81. The summed E-state index contributed by atoms with van der Waals surface area (Å²) in [5, 5.41) is 16.5. The number of aromatic nitrogens is 2. The quantitative estimate of drug-likeness (QED) is 0.823. The van der Waals surface area contributed by atoms with Crippen molar-refractivity contribution in [1.29, 1.82) is 0 Å². The minimum absolute atomic E-state index is 0.641. The summed E-state index contributed by atoms with van der Waals surface area (Å²) < 4.78 is 5.33. The average molecular weight is 218 g/mol. The fourth-order valence-corrected chi connectivity index (χ4v) is 1.51. The molecule has 0 amide bonds. The van der Waals surface area contributed by atoms with Gasteiger partial charge in [-0.1, -0.05) is 12.1 Å². The molecule has 4 nitrogen and oxygen atoms in total. The Bertz CT molecular complexity index is 423. The van der Waals surface area contributed by atoms with E-state index in [9.17, 15) is 5.11 Å². The Morgan fingerprint density at radius 3 is 2.62 bits per heavy atom. The van der Waals surface area contributed by atoms with Gasteiger partial charge in [0, 0.05) is 6.20 Å². The molecular formula is C12H14N2O2. The van der Waals surface area contributed by atoms with Crippen LogP contribution < -0.4 is 4.74 Å². The molecule has 0 saturated heterocycles. The van der Waals surface area contributed by atoms with Crippen molar-refractivity contribution in [3.8, 4) is 5.75 Å². The van der Waals surface area contributed by atoms with E-state index in [1.54, 1.807) is 12.3 Å². The third-order valence-corrected chi connectivity index (χ3v) is 2.32. The maximum atomic E-state index is 9.99. The number of nitrogens with one attached hydrogen (secondary N) is 1. The van der Waals surface area contributed by atoms with Crippen LogP contribution in [0.25, 0.3) is 0 Å². The molecule has 2 aromatic rings. The molecule has 2 rings (SSSR count). The zero-order valence-corrected chi connectivity index (χ0v) is 9.05. The summed E-state index contributed by atoms with van der Waals surface area (Å²) in [5.41, 5.74) is 1.50. The Balaban J connectivity index is 2.15. The molecule has 4 heteroatoms. The fourth-order valence-electron chi connectivity index (χ4n) is 1.51. The fraction of sp³-hybridized carbons (Fsp3) is 0.250. The molecule has 0 saturated carbocycles. The Morgan fingerprint density at radius 1 is 1.31 bits per heavy atom. The van der Waals surface area contributed by atoms with Gasteiger partial charge in [0.15, 0.2) is 0 Å². The number of rotatable bonds is 4. The number of benzene rings is 1. The van der Waals surface area contributed by atoms with E-state index in [1.807, 2.05) is 31.2 Å². The summed E-state index contributed by atoms with van der Waals surface area (Å²) in [6, 6.07) is 9.13. The average Bonchev–Trinajstić information content (AvgIpc) is 2.83. The van der Waals surface area contributed by atoms with Crippen molar-refractivity contribution in [1.82, 2.24) is 10.2 Å². The first-order valence-electron chi connectivity index (χ1n) is 5.21. The van der Waals surface area contributed by atoms with E-state index in [2.05, 4.69) is 10.2 Å². The Morgan fingerprint density at radius 2 is 2.06 bits per heavy atom. The summed E-state index contributed by atoms with van der Waals surface area (Å²) in [6.45, 7) is 2.58. The highest BCUT2D eigenvalue weighted by atomic mass is 16.5. The van der Waals surface area contributed by atoms with Gasteiger partial charge in [0.05, 0.1) is 12.3 Å². The summed E-state index contributed by atoms with van der Waals surface area (Å²) in [6.07, 6.45) is 0.950. The van der Waals surface area contributed by atoms with Crippen molar-refractivity contribution in [2.24, 2.45) is 0 Å². The lowest BCUT2D eigenvalue weighted by atomic mass is 10.1. The predicted octanol–water partition coefficient (Wildman–Crippen LogP) is 1.89. The van der Waals surface area contributed by atoms with Crippen LogP contribution in [0.2, 0.25) is 0 Å². The SMILES string of the molecule is CCOc1ccc(C(O)c2ccn[nH]2)cc1. The smallest absolute Gasteiger partial charge is 0.120 e. The number of ether oxygens (including phenoxy) is 1.